The summed E-state index contributed by atoms with van der Waals surface area (Å²) in [5, 5.41) is 0. The van der Waals surface area contributed by atoms with Crippen LogP contribution in [0.25, 0.3) is 16.9 Å². The minimum atomic E-state index is 0.384. The van der Waals surface area contributed by atoms with Gasteiger partial charge >= 0.3 is 0 Å². The topological polar surface area (TPSA) is 47.5 Å². The third-order valence-corrected chi connectivity index (χ3v) is 3.39. The molecule has 3 rings (SSSR count). The lowest BCUT2D eigenvalue weighted by Crippen LogP contribution is -1.90. The fourth-order valence-corrected chi connectivity index (χ4v) is 2.43. The second kappa shape index (κ2) is 4.09. The van der Waals surface area contributed by atoms with Gasteiger partial charge in [-0.05, 0) is 38.5 Å². The SMILES string of the molecule is Cc1ccn2c(-c3c(C)oc(C=O)c3C)cnc2c1. The summed E-state index contributed by atoms with van der Waals surface area (Å²) < 4.78 is 7.49. The molecule has 0 atom stereocenters. The highest BCUT2D eigenvalue weighted by atomic mass is 16.3. The van der Waals surface area contributed by atoms with Gasteiger partial charge in [-0.15, -0.1) is 0 Å². The predicted octanol–water partition coefficient (Wildman–Crippen LogP) is 3.33. The van der Waals surface area contributed by atoms with E-state index in [4.69, 9.17) is 4.42 Å². The molecular weight excluding hydrogens is 240 g/mol. The average molecular weight is 254 g/mol. The zero-order chi connectivity index (χ0) is 13.6. The van der Waals surface area contributed by atoms with Crippen LogP contribution < -0.4 is 0 Å². The maximum atomic E-state index is 11.0. The molecule has 19 heavy (non-hydrogen) atoms. The first-order valence-corrected chi connectivity index (χ1v) is 6.11. The first-order valence-electron chi connectivity index (χ1n) is 6.11. The van der Waals surface area contributed by atoms with Crippen LogP contribution in [-0.4, -0.2) is 15.7 Å². The third-order valence-electron chi connectivity index (χ3n) is 3.39. The van der Waals surface area contributed by atoms with Crippen molar-refractivity contribution in [1.82, 2.24) is 9.38 Å². The molecular formula is C15H14N2O2. The summed E-state index contributed by atoms with van der Waals surface area (Å²) in [4.78, 5) is 15.4. The van der Waals surface area contributed by atoms with E-state index in [2.05, 4.69) is 4.98 Å². The summed E-state index contributed by atoms with van der Waals surface area (Å²) in [5.41, 5.74) is 4.80. The van der Waals surface area contributed by atoms with Gasteiger partial charge in [0, 0.05) is 17.3 Å². The van der Waals surface area contributed by atoms with Gasteiger partial charge in [0.1, 0.15) is 11.4 Å². The zero-order valence-corrected chi connectivity index (χ0v) is 11.1. The maximum absolute atomic E-state index is 11.0. The standard InChI is InChI=1S/C15H14N2O2/c1-9-4-5-17-12(7-16-14(17)6-9)15-10(2)13(8-18)19-11(15)3/h4-8H,1-3H3. The van der Waals surface area contributed by atoms with Gasteiger partial charge in [0.05, 0.1) is 11.9 Å². The molecule has 0 aliphatic rings. The first-order chi connectivity index (χ1) is 9.11. The van der Waals surface area contributed by atoms with Crippen molar-refractivity contribution in [3.05, 3.63) is 47.2 Å². The predicted molar refractivity (Wildman–Crippen MR) is 72.5 cm³/mol. The molecule has 0 unspecified atom stereocenters. The van der Waals surface area contributed by atoms with Gasteiger partial charge in [-0.25, -0.2) is 4.98 Å². The number of nitrogens with zero attached hydrogens (tertiary/aromatic N) is 2. The number of aromatic nitrogens is 2. The van der Waals surface area contributed by atoms with Crippen molar-refractivity contribution < 1.29 is 9.21 Å². The number of hydrogen-bond acceptors (Lipinski definition) is 3. The van der Waals surface area contributed by atoms with E-state index in [-0.39, 0.29) is 0 Å². The molecule has 0 aliphatic heterocycles. The maximum Gasteiger partial charge on any atom is 0.185 e. The summed E-state index contributed by atoms with van der Waals surface area (Å²) in [7, 11) is 0. The summed E-state index contributed by atoms with van der Waals surface area (Å²) in [6.45, 7) is 5.79. The molecule has 0 saturated heterocycles. The number of carbonyl (C=O) groups is 1. The molecule has 0 fully saturated rings. The summed E-state index contributed by atoms with van der Waals surface area (Å²) >= 11 is 0. The number of imidazole rings is 1. The second-order valence-corrected chi connectivity index (χ2v) is 4.72. The van der Waals surface area contributed by atoms with Crippen LogP contribution in [-0.2, 0) is 0 Å². The lowest BCUT2D eigenvalue weighted by atomic mass is 10.1. The number of rotatable bonds is 2. The van der Waals surface area contributed by atoms with Crippen LogP contribution in [0, 0.1) is 20.8 Å². The van der Waals surface area contributed by atoms with E-state index in [1.165, 1.54) is 5.56 Å². The number of fused-ring (bicyclic) bond motifs is 1. The lowest BCUT2D eigenvalue weighted by Gasteiger charge is -2.02. The highest BCUT2D eigenvalue weighted by Crippen LogP contribution is 2.31. The van der Waals surface area contributed by atoms with Crippen molar-refractivity contribution in [2.24, 2.45) is 0 Å². The van der Waals surface area contributed by atoms with Crippen LogP contribution in [0.1, 0.15) is 27.4 Å². The van der Waals surface area contributed by atoms with Gasteiger partial charge in [-0.3, -0.25) is 9.20 Å². The van der Waals surface area contributed by atoms with E-state index >= 15 is 0 Å². The van der Waals surface area contributed by atoms with Crippen LogP contribution in [0.2, 0.25) is 0 Å². The molecule has 0 aliphatic carbocycles. The van der Waals surface area contributed by atoms with Crippen molar-refractivity contribution in [3.63, 3.8) is 0 Å². The highest BCUT2D eigenvalue weighted by molar-refractivity contribution is 5.80. The van der Waals surface area contributed by atoms with Gasteiger partial charge in [0.2, 0.25) is 0 Å². The quantitative estimate of drug-likeness (QED) is 0.659. The number of furan rings is 1. The molecule has 0 spiro atoms. The van der Waals surface area contributed by atoms with Crippen molar-refractivity contribution in [3.8, 4) is 11.3 Å². The Labute approximate surface area is 110 Å². The number of carbonyl (C=O) groups excluding carboxylic acids is 1. The normalized spacial score (nSPS) is 11.1. The molecule has 0 radical (unpaired) electrons. The van der Waals surface area contributed by atoms with Crippen LogP contribution in [0.5, 0.6) is 0 Å². The minimum Gasteiger partial charge on any atom is -0.458 e. The number of aryl methyl sites for hydroxylation is 2. The molecule has 4 heteroatoms. The van der Waals surface area contributed by atoms with Crippen molar-refractivity contribution in [2.75, 3.05) is 0 Å². The van der Waals surface area contributed by atoms with E-state index in [0.717, 1.165) is 34.5 Å². The zero-order valence-electron chi connectivity index (χ0n) is 11.1. The largest absolute Gasteiger partial charge is 0.458 e. The third kappa shape index (κ3) is 1.68. The average Bonchev–Trinajstić information content (AvgIpc) is 2.90. The summed E-state index contributed by atoms with van der Waals surface area (Å²) in [6, 6.07) is 4.05. The van der Waals surface area contributed by atoms with Crippen LogP contribution >= 0.6 is 0 Å². The molecule has 0 amide bonds. The Morgan fingerprint density at radius 1 is 1.32 bits per heavy atom. The van der Waals surface area contributed by atoms with Gasteiger partial charge in [0.25, 0.3) is 0 Å². The Kier molecular flexibility index (Phi) is 2.52. The molecule has 0 aromatic carbocycles. The van der Waals surface area contributed by atoms with Gasteiger partial charge in [0.15, 0.2) is 12.0 Å². The Hall–Kier alpha value is -2.36. The molecule has 3 aromatic rings. The van der Waals surface area contributed by atoms with E-state index in [0.29, 0.717) is 5.76 Å². The molecule has 3 aromatic heterocycles. The molecule has 0 bridgehead atoms. The molecule has 4 nitrogen and oxygen atoms in total. The first kappa shape index (κ1) is 11.7. The van der Waals surface area contributed by atoms with Crippen molar-refractivity contribution >= 4 is 11.9 Å². The van der Waals surface area contributed by atoms with Crippen LogP contribution in [0.15, 0.2) is 28.9 Å². The molecule has 96 valence electrons. The van der Waals surface area contributed by atoms with E-state index < -0.39 is 0 Å². The number of pyridine rings is 1. The summed E-state index contributed by atoms with van der Waals surface area (Å²) in [5.74, 6) is 1.12. The Balaban J connectivity index is 2.30. The Bertz CT molecular complexity index is 781. The van der Waals surface area contributed by atoms with E-state index in [9.17, 15) is 4.79 Å². The second-order valence-electron chi connectivity index (χ2n) is 4.72. The van der Waals surface area contributed by atoms with Crippen LogP contribution in [0.3, 0.4) is 0 Å². The van der Waals surface area contributed by atoms with E-state index in [1.54, 1.807) is 0 Å². The van der Waals surface area contributed by atoms with Gasteiger partial charge in [-0.1, -0.05) is 0 Å². The van der Waals surface area contributed by atoms with Gasteiger partial charge in [-0.2, -0.15) is 0 Å². The monoisotopic (exact) mass is 254 g/mol. The van der Waals surface area contributed by atoms with E-state index in [1.807, 2.05) is 49.7 Å². The smallest absolute Gasteiger partial charge is 0.185 e. The van der Waals surface area contributed by atoms with Gasteiger partial charge < -0.3 is 4.42 Å². The summed E-state index contributed by atoms with van der Waals surface area (Å²) in [6.07, 6.45) is 4.55. The number of aldehydes is 1. The van der Waals surface area contributed by atoms with Crippen LogP contribution in [0.4, 0.5) is 0 Å². The molecule has 0 N–H and O–H groups in total. The fraction of sp³-hybridized carbons (Fsp3) is 0.200. The Morgan fingerprint density at radius 2 is 2.11 bits per heavy atom. The lowest BCUT2D eigenvalue weighted by molar-refractivity contribution is 0.109. The Morgan fingerprint density at radius 3 is 2.79 bits per heavy atom. The fourth-order valence-electron chi connectivity index (χ4n) is 2.43. The molecule has 3 heterocycles. The van der Waals surface area contributed by atoms with Crippen molar-refractivity contribution in [2.45, 2.75) is 20.8 Å². The molecule has 0 saturated carbocycles. The highest BCUT2D eigenvalue weighted by Gasteiger charge is 2.18. The number of hydrogen-bond donors (Lipinski definition) is 0. The minimum absolute atomic E-state index is 0.384. The van der Waals surface area contributed by atoms with Crippen molar-refractivity contribution in [1.29, 1.82) is 0 Å².